The second-order valence-electron chi connectivity index (χ2n) is 6.59. The fourth-order valence-corrected chi connectivity index (χ4v) is 4.02. The first kappa shape index (κ1) is 20.0. The van der Waals surface area contributed by atoms with Gasteiger partial charge in [0.15, 0.2) is 0 Å². The van der Waals surface area contributed by atoms with Crippen LogP contribution in [0.4, 0.5) is 8.78 Å². The smallest absolute Gasteiger partial charge is 0.311 e. The maximum Gasteiger partial charge on any atom is 0.311 e. The third-order valence-electron chi connectivity index (χ3n) is 4.02. The number of rotatable bonds is 7. The molecular formula is C20H19F2N3O2S. The van der Waals surface area contributed by atoms with Crippen LogP contribution in [0.2, 0.25) is 0 Å². The minimum absolute atomic E-state index is 0.00661. The zero-order chi connectivity index (χ0) is 20.3. The van der Waals surface area contributed by atoms with E-state index >= 15 is 0 Å². The lowest BCUT2D eigenvalue weighted by Crippen LogP contribution is -2.11. The van der Waals surface area contributed by atoms with E-state index in [1.54, 1.807) is 17.0 Å². The van der Waals surface area contributed by atoms with Crippen LogP contribution in [0.1, 0.15) is 36.8 Å². The average Bonchev–Trinajstić information content (AvgIpc) is 2.92. The van der Waals surface area contributed by atoms with Gasteiger partial charge in [0, 0.05) is 29.9 Å². The summed E-state index contributed by atoms with van der Waals surface area (Å²) >= 11 is 1.18. The highest BCUT2D eigenvalue weighted by molar-refractivity contribution is 7.99. The maximum atomic E-state index is 13.7. The van der Waals surface area contributed by atoms with E-state index in [1.165, 1.54) is 23.9 Å². The van der Waals surface area contributed by atoms with Crippen molar-refractivity contribution in [2.24, 2.45) is 0 Å². The van der Waals surface area contributed by atoms with Crippen molar-refractivity contribution >= 4 is 17.7 Å². The molecule has 0 spiro atoms. The van der Waals surface area contributed by atoms with Gasteiger partial charge in [0.2, 0.25) is 0 Å². The molecule has 0 saturated carbocycles. The number of nitrogens with zero attached hydrogens (tertiary/aromatic N) is 3. The Balaban J connectivity index is 2.11. The maximum absolute atomic E-state index is 13.7. The van der Waals surface area contributed by atoms with Crippen LogP contribution < -0.4 is 0 Å². The van der Waals surface area contributed by atoms with Gasteiger partial charge in [0.25, 0.3) is 0 Å². The normalized spacial score (nSPS) is 11.2. The molecule has 5 nitrogen and oxygen atoms in total. The van der Waals surface area contributed by atoms with E-state index in [0.717, 1.165) is 11.6 Å². The lowest BCUT2D eigenvalue weighted by atomic mass is 10.1. The molecule has 0 fully saturated rings. The second kappa shape index (κ2) is 8.52. The van der Waals surface area contributed by atoms with Crippen molar-refractivity contribution in [1.29, 1.82) is 0 Å². The predicted octanol–water partition coefficient (Wildman–Crippen LogP) is 4.51. The van der Waals surface area contributed by atoms with Crippen molar-refractivity contribution < 1.29 is 18.7 Å². The molecule has 146 valence electrons. The average molecular weight is 403 g/mol. The zero-order valence-corrected chi connectivity index (χ0v) is 16.2. The summed E-state index contributed by atoms with van der Waals surface area (Å²) in [5.41, 5.74) is 1.61. The molecular weight excluding hydrogens is 384 g/mol. The van der Waals surface area contributed by atoms with Gasteiger partial charge in [-0.1, -0.05) is 25.6 Å². The summed E-state index contributed by atoms with van der Waals surface area (Å²) in [7, 11) is 0. The molecule has 0 bridgehead atoms. The van der Waals surface area contributed by atoms with Crippen LogP contribution in [0, 0.1) is 11.6 Å². The number of hydrogen-bond acceptors (Lipinski definition) is 4. The number of carbonyl (C=O) groups is 1. The van der Waals surface area contributed by atoms with Crippen molar-refractivity contribution in [3.05, 3.63) is 71.4 Å². The van der Waals surface area contributed by atoms with Crippen LogP contribution in [-0.2, 0) is 17.8 Å². The van der Waals surface area contributed by atoms with Crippen molar-refractivity contribution in [1.82, 2.24) is 14.5 Å². The molecule has 3 aromatic rings. The Kier molecular flexibility index (Phi) is 6.08. The quantitative estimate of drug-likeness (QED) is 0.629. The fraction of sp³-hybridized carbons (Fsp3) is 0.250. The molecule has 0 amide bonds. The Morgan fingerprint density at radius 3 is 2.39 bits per heavy atom. The largest absolute Gasteiger partial charge is 0.481 e. The summed E-state index contributed by atoms with van der Waals surface area (Å²) in [6.45, 7) is 4.27. The molecule has 8 heteroatoms. The Morgan fingerprint density at radius 1 is 1.18 bits per heavy atom. The van der Waals surface area contributed by atoms with Gasteiger partial charge in [-0.2, -0.15) is 0 Å². The van der Waals surface area contributed by atoms with Gasteiger partial charge in [-0.15, -0.1) is 0 Å². The predicted molar refractivity (Wildman–Crippen MR) is 101 cm³/mol. The molecule has 0 unspecified atom stereocenters. The number of aromatic nitrogens is 3. The number of aliphatic carboxylic acids is 1. The van der Waals surface area contributed by atoms with E-state index in [2.05, 4.69) is 9.97 Å². The Labute approximate surface area is 165 Å². The molecule has 1 N–H and O–H groups in total. The molecule has 0 aliphatic heterocycles. The van der Waals surface area contributed by atoms with Crippen LogP contribution in [0.15, 0.2) is 52.6 Å². The van der Waals surface area contributed by atoms with Crippen molar-refractivity contribution in [2.75, 3.05) is 0 Å². The van der Waals surface area contributed by atoms with Gasteiger partial charge >= 0.3 is 5.97 Å². The Morgan fingerprint density at radius 2 is 1.82 bits per heavy atom. The summed E-state index contributed by atoms with van der Waals surface area (Å²) < 4.78 is 29.1. The summed E-state index contributed by atoms with van der Waals surface area (Å²) in [5.74, 6) is -1.93. The summed E-state index contributed by atoms with van der Waals surface area (Å²) in [6, 6.07) is 6.97. The molecule has 0 aliphatic carbocycles. The number of benzene rings is 1. The van der Waals surface area contributed by atoms with E-state index in [0.29, 0.717) is 28.0 Å². The zero-order valence-electron chi connectivity index (χ0n) is 15.4. The van der Waals surface area contributed by atoms with Gasteiger partial charge in [-0.3, -0.25) is 9.78 Å². The molecule has 2 heterocycles. The molecule has 0 radical (unpaired) electrons. The molecule has 0 aliphatic rings. The highest BCUT2D eigenvalue weighted by Crippen LogP contribution is 2.36. The first-order valence-electron chi connectivity index (χ1n) is 8.67. The monoisotopic (exact) mass is 403 g/mol. The third kappa shape index (κ3) is 4.75. The number of carboxylic acids is 1. The number of hydrogen-bond donors (Lipinski definition) is 1. The minimum atomic E-state index is -0.996. The molecule has 0 atom stereocenters. The van der Waals surface area contributed by atoms with Crippen LogP contribution in [0.25, 0.3) is 0 Å². The van der Waals surface area contributed by atoms with E-state index < -0.39 is 17.6 Å². The van der Waals surface area contributed by atoms with Crippen LogP contribution in [0.3, 0.4) is 0 Å². The van der Waals surface area contributed by atoms with Gasteiger partial charge < -0.3 is 9.67 Å². The summed E-state index contributed by atoms with van der Waals surface area (Å²) in [4.78, 5) is 20.3. The van der Waals surface area contributed by atoms with Crippen molar-refractivity contribution in [3.63, 3.8) is 0 Å². The highest BCUT2D eigenvalue weighted by Gasteiger charge is 2.22. The fourth-order valence-electron chi connectivity index (χ4n) is 2.79. The lowest BCUT2D eigenvalue weighted by Gasteiger charge is -2.13. The topological polar surface area (TPSA) is 68.0 Å². The number of halogens is 2. The first-order valence-corrected chi connectivity index (χ1v) is 9.49. The summed E-state index contributed by atoms with van der Waals surface area (Å²) in [6.07, 6.45) is 3.06. The standard InChI is InChI=1S/C20H19F2N3O2S/c1-12(2)19-20(28-16-8-14(21)7-15(22)9-16)25(17(24-19)10-18(26)27)11-13-3-5-23-6-4-13/h3-9,12H,10-11H2,1-2H3,(H,26,27). The van der Waals surface area contributed by atoms with Gasteiger partial charge in [-0.25, -0.2) is 13.8 Å². The van der Waals surface area contributed by atoms with Crippen LogP contribution >= 0.6 is 11.8 Å². The Bertz CT molecular complexity index is 970. The molecule has 2 aromatic heterocycles. The second-order valence-corrected chi connectivity index (χ2v) is 7.65. The first-order chi connectivity index (χ1) is 13.3. The SMILES string of the molecule is CC(C)c1nc(CC(=O)O)n(Cc2ccncc2)c1Sc1cc(F)cc(F)c1. The van der Waals surface area contributed by atoms with Crippen molar-refractivity contribution in [2.45, 2.75) is 42.7 Å². The Hall–Kier alpha value is -2.74. The lowest BCUT2D eigenvalue weighted by molar-refractivity contribution is -0.136. The van der Waals surface area contributed by atoms with Gasteiger partial charge in [-0.05, 0) is 35.7 Å². The minimum Gasteiger partial charge on any atom is -0.481 e. The van der Waals surface area contributed by atoms with E-state index in [1.807, 2.05) is 26.0 Å². The molecule has 0 saturated heterocycles. The van der Waals surface area contributed by atoms with Gasteiger partial charge in [0.05, 0.1) is 5.69 Å². The van der Waals surface area contributed by atoms with E-state index in [-0.39, 0.29) is 12.3 Å². The third-order valence-corrected chi connectivity index (χ3v) is 5.12. The number of imidazole rings is 1. The molecule has 1 aromatic carbocycles. The summed E-state index contributed by atoms with van der Waals surface area (Å²) in [5, 5.41) is 9.96. The van der Waals surface area contributed by atoms with Crippen LogP contribution in [0.5, 0.6) is 0 Å². The van der Waals surface area contributed by atoms with E-state index in [9.17, 15) is 18.7 Å². The van der Waals surface area contributed by atoms with Crippen molar-refractivity contribution in [3.8, 4) is 0 Å². The highest BCUT2D eigenvalue weighted by atomic mass is 32.2. The van der Waals surface area contributed by atoms with E-state index in [4.69, 9.17) is 0 Å². The molecule has 28 heavy (non-hydrogen) atoms. The molecule has 3 rings (SSSR count). The van der Waals surface area contributed by atoms with Crippen LogP contribution in [-0.4, -0.2) is 25.6 Å². The van der Waals surface area contributed by atoms with Gasteiger partial charge in [0.1, 0.15) is 28.9 Å². The number of pyridine rings is 1. The number of carboxylic acid groups (broad SMARTS) is 1.